The molecule has 3 nitrogen and oxygen atoms in total. The second kappa shape index (κ2) is 4.28. The largest absolute Gasteiger partial charge is 0.469 e. The molecule has 0 aliphatic rings. The third kappa shape index (κ3) is 2.73. The van der Waals surface area contributed by atoms with Crippen LogP contribution in [0.15, 0.2) is 27.8 Å². The summed E-state index contributed by atoms with van der Waals surface area (Å²) in [5.74, 6) is 0.273. The van der Waals surface area contributed by atoms with E-state index >= 15 is 0 Å². The number of ether oxygens (including phenoxy) is 1. The molecule has 0 bridgehead atoms. The van der Waals surface area contributed by atoms with E-state index in [1.54, 1.807) is 12.1 Å². The van der Waals surface area contributed by atoms with Crippen LogP contribution in [-0.2, 0) is 9.53 Å². The minimum absolute atomic E-state index is 0.149. The number of hydrogen-bond acceptors (Lipinski definition) is 3. The van der Waals surface area contributed by atoms with Gasteiger partial charge in [-0.3, -0.25) is 4.79 Å². The van der Waals surface area contributed by atoms with Crippen molar-refractivity contribution in [2.45, 2.75) is 6.42 Å². The number of furan rings is 1. The Morgan fingerprint density at radius 2 is 2.38 bits per heavy atom. The van der Waals surface area contributed by atoms with Gasteiger partial charge in [0.1, 0.15) is 5.76 Å². The molecule has 0 N–H and O–H groups in total. The SMILES string of the molecule is C=C(CC(=O)OC)c1ccc(Br)o1. The molecule has 0 radical (unpaired) electrons. The Kier molecular flexibility index (Phi) is 3.31. The first-order valence-electron chi connectivity index (χ1n) is 3.64. The van der Waals surface area contributed by atoms with Gasteiger partial charge >= 0.3 is 5.97 Å². The molecule has 0 fully saturated rings. The smallest absolute Gasteiger partial charge is 0.310 e. The van der Waals surface area contributed by atoms with E-state index in [9.17, 15) is 4.79 Å². The van der Waals surface area contributed by atoms with Crippen LogP contribution in [0.1, 0.15) is 12.2 Å². The summed E-state index contributed by atoms with van der Waals surface area (Å²) in [4.78, 5) is 10.9. The van der Waals surface area contributed by atoms with Crippen LogP contribution in [0.5, 0.6) is 0 Å². The third-order valence-electron chi connectivity index (χ3n) is 1.51. The molecule has 4 heteroatoms. The van der Waals surface area contributed by atoms with Gasteiger partial charge in [-0.1, -0.05) is 6.58 Å². The van der Waals surface area contributed by atoms with Gasteiger partial charge in [-0.05, 0) is 33.6 Å². The Morgan fingerprint density at radius 1 is 1.69 bits per heavy atom. The van der Waals surface area contributed by atoms with Gasteiger partial charge in [0.15, 0.2) is 4.67 Å². The van der Waals surface area contributed by atoms with Crippen molar-refractivity contribution < 1.29 is 13.9 Å². The van der Waals surface area contributed by atoms with E-state index in [1.807, 2.05) is 0 Å². The molecule has 70 valence electrons. The Bertz CT molecular complexity index is 327. The summed E-state index contributed by atoms with van der Waals surface area (Å²) in [6, 6.07) is 3.49. The standard InChI is InChI=1S/C9H9BrO3/c1-6(5-9(11)12-2)7-3-4-8(10)13-7/h3-4H,1,5H2,2H3. The molecule has 0 aromatic carbocycles. The van der Waals surface area contributed by atoms with E-state index in [0.717, 1.165) is 0 Å². The van der Waals surface area contributed by atoms with Crippen molar-refractivity contribution >= 4 is 27.5 Å². The fraction of sp³-hybridized carbons (Fsp3) is 0.222. The Balaban J connectivity index is 2.64. The van der Waals surface area contributed by atoms with Gasteiger partial charge in [0.2, 0.25) is 0 Å². The Labute approximate surface area is 84.5 Å². The maximum absolute atomic E-state index is 10.9. The van der Waals surface area contributed by atoms with E-state index in [4.69, 9.17) is 4.42 Å². The van der Waals surface area contributed by atoms with Crippen LogP contribution in [0, 0.1) is 0 Å². The van der Waals surface area contributed by atoms with Crippen LogP contribution in [-0.4, -0.2) is 13.1 Å². The summed E-state index contributed by atoms with van der Waals surface area (Å²) in [5.41, 5.74) is 0.609. The Morgan fingerprint density at radius 3 is 2.85 bits per heavy atom. The average molecular weight is 245 g/mol. The number of rotatable bonds is 3. The number of carbonyl (C=O) groups excluding carboxylic acids is 1. The quantitative estimate of drug-likeness (QED) is 0.768. The molecule has 1 heterocycles. The van der Waals surface area contributed by atoms with E-state index in [1.165, 1.54) is 7.11 Å². The van der Waals surface area contributed by atoms with Crippen molar-refractivity contribution in [3.05, 3.63) is 29.1 Å². The maximum atomic E-state index is 10.9. The van der Waals surface area contributed by atoms with E-state index < -0.39 is 0 Å². The monoisotopic (exact) mass is 244 g/mol. The zero-order valence-corrected chi connectivity index (χ0v) is 8.76. The highest BCUT2D eigenvalue weighted by Gasteiger charge is 2.09. The summed E-state index contributed by atoms with van der Waals surface area (Å²) in [6.45, 7) is 3.71. The molecule has 0 saturated heterocycles. The van der Waals surface area contributed by atoms with Crippen molar-refractivity contribution in [3.8, 4) is 0 Å². The second-order valence-corrected chi connectivity index (χ2v) is 3.24. The third-order valence-corrected chi connectivity index (χ3v) is 1.93. The van der Waals surface area contributed by atoms with E-state index in [-0.39, 0.29) is 12.4 Å². The molecule has 0 spiro atoms. The Hall–Kier alpha value is -1.03. The van der Waals surface area contributed by atoms with Gasteiger partial charge in [0.25, 0.3) is 0 Å². The van der Waals surface area contributed by atoms with Crippen LogP contribution in [0.4, 0.5) is 0 Å². The van der Waals surface area contributed by atoms with E-state index in [0.29, 0.717) is 16.0 Å². The van der Waals surface area contributed by atoms with Crippen LogP contribution >= 0.6 is 15.9 Å². The van der Waals surface area contributed by atoms with Crippen LogP contribution < -0.4 is 0 Å². The van der Waals surface area contributed by atoms with Crippen molar-refractivity contribution in [1.29, 1.82) is 0 Å². The highest BCUT2D eigenvalue weighted by molar-refractivity contribution is 9.10. The molecule has 0 atom stereocenters. The van der Waals surface area contributed by atoms with Crippen molar-refractivity contribution in [2.75, 3.05) is 7.11 Å². The molecule has 0 unspecified atom stereocenters. The normalized spacial score (nSPS) is 9.69. The van der Waals surface area contributed by atoms with Crippen LogP contribution in [0.3, 0.4) is 0 Å². The molecule has 0 aliphatic heterocycles. The molecular formula is C9H9BrO3. The minimum Gasteiger partial charge on any atom is -0.469 e. The van der Waals surface area contributed by atoms with Crippen LogP contribution in [0.25, 0.3) is 5.57 Å². The van der Waals surface area contributed by atoms with Gasteiger partial charge < -0.3 is 9.15 Å². The molecule has 0 saturated carbocycles. The number of carbonyl (C=O) groups is 1. The zero-order valence-electron chi connectivity index (χ0n) is 7.17. The second-order valence-electron chi connectivity index (χ2n) is 2.46. The topological polar surface area (TPSA) is 39.4 Å². The molecule has 13 heavy (non-hydrogen) atoms. The average Bonchev–Trinajstić information content (AvgIpc) is 2.51. The number of methoxy groups -OCH3 is 1. The summed E-state index contributed by atoms with van der Waals surface area (Å²) in [5, 5.41) is 0. The highest BCUT2D eigenvalue weighted by Crippen LogP contribution is 2.22. The van der Waals surface area contributed by atoms with Crippen molar-refractivity contribution in [1.82, 2.24) is 0 Å². The number of esters is 1. The van der Waals surface area contributed by atoms with Crippen molar-refractivity contribution in [3.63, 3.8) is 0 Å². The fourth-order valence-electron chi connectivity index (χ4n) is 0.838. The van der Waals surface area contributed by atoms with Gasteiger partial charge in [-0.2, -0.15) is 0 Å². The summed E-state index contributed by atoms with van der Waals surface area (Å²) < 4.78 is 10.3. The van der Waals surface area contributed by atoms with Gasteiger partial charge in [0, 0.05) is 0 Å². The van der Waals surface area contributed by atoms with Gasteiger partial charge in [0.05, 0.1) is 13.5 Å². The zero-order chi connectivity index (χ0) is 9.84. The lowest BCUT2D eigenvalue weighted by atomic mass is 10.2. The summed E-state index contributed by atoms with van der Waals surface area (Å²) in [7, 11) is 1.34. The predicted molar refractivity (Wildman–Crippen MR) is 52.1 cm³/mol. The molecular weight excluding hydrogens is 236 g/mol. The fourth-order valence-corrected chi connectivity index (χ4v) is 1.14. The number of hydrogen-bond donors (Lipinski definition) is 0. The minimum atomic E-state index is -0.322. The van der Waals surface area contributed by atoms with Gasteiger partial charge in [-0.15, -0.1) is 0 Å². The first-order valence-corrected chi connectivity index (χ1v) is 4.43. The molecule has 0 aliphatic carbocycles. The lowest BCUT2D eigenvalue weighted by Crippen LogP contribution is -2.00. The van der Waals surface area contributed by atoms with Crippen LogP contribution in [0.2, 0.25) is 0 Å². The molecule has 1 aromatic heterocycles. The maximum Gasteiger partial charge on any atom is 0.310 e. The van der Waals surface area contributed by atoms with Gasteiger partial charge in [-0.25, -0.2) is 0 Å². The first kappa shape index (κ1) is 10.1. The summed E-state index contributed by atoms with van der Waals surface area (Å²) in [6.07, 6.45) is 0.149. The van der Waals surface area contributed by atoms with Crippen molar-refractivity contribution in [2.24, 2.45) is 0 Å². The molecule has 1 rings (SSSR count). The lowest BCUT2D eigenvalue weighted by molar-refractivity contribution is -0.139. The highest BCUT2D eigenvalue weighted by atomic mass is 79.9. The molecule has 0 amide bonds. The first-order chi connectivity index (χ1) is 6.13. The predicted octanol–water partition coefficient (Wildman–Crippen LogP) is 2.62. The lowest BCUT2D eigenvalue weighted by Gasteiger charge is -1.99. The van der Waals surface area contributed by atoms with E-state index in [2.05, 4.69) is 27.2 Å². The summed E-state index contributed by atoms with van der Waals surface area (Å²) >= 11 is 3.16. The molecule has 1 aromatic rings. The number of halogens is 1.